The molecule has 0 saturated carbocycles. The smallest absolute Gasteiger partial charge is 0.338 e. The van der Waals surface area contributed by atoms with Crippen molar-refractivity contribution in [3.63, 3.8) is 0 Å². The number of rotatable bonds is 4. The summed E-state index contributed by atoms with van der Waals surface area (Å²) in [6.45, 7) is 3.76. The van der Waals surface area contributed by atoms with E-state index in [-0.39, 0.29) is 12.2 Å². The van der Waals surface area contributed by atoms with Gasteiger partial charge in [-0.1, -0.05) is 17.7 Å². The van der Waals surface area contributed by atoms with Crippen LogP contribution in [0.3, 0.4) is 0 Å². The van der Waals surface area contributed by atoms with E-state index in [0.717, 1.165) is 5.56 Å². The number of carbonyl (C=O) groups excluding carboxylic acids is 2. The zero-order chi connectivity index (χ0) is 16.1. The summed E-state index contributed by atoms with van der Waals surface area (Å²) in [5.41, 5.74) is 1.47. The number of nitrogens with one attached hydrogen (secondary N) is 1. The number of halogens is 1. The highest BCUT2D eigenvalue weighted by Gasteiger charge is 2.13. The standard InChI is InChI=1S/C17H16FNO3/c1-3-22-17(21)12-5-4-6-13(10-12)19-16(20)14-9-11(2)7-8-15(14)18/h4-10H,3H2,1-2H3,(H,19,20). The Morgan fingerprint density at radius 1 is 1.18 bits per heavy atom. The number of hydrogen-bond acceptors (Lipinski definition) is 3. The van der Waals surface area contributed by atoms with E-state index >= 15 is 0 Å². The summed E-state index contributed by atoms with van der Waals surface area (Å²) in [5.74, 6) is -1.63. The van der Waals surface area contributed by atoms with Gasteiger partial charge in [0.05, 0.1) is 17.7 Å². The second-order valence-electron chi connectivity index (χ2n) is 4.74. The number of benzene rings is 2. The first kappa shape index (κ1) is 15.7. The maximum Gasteiger partial charge on any atom is 0.338 e. The minimum absolute atomic E-state index is 0.0402. The normalized spacial score (nSPS) is 10.1. The summed E-state index contributed by atoms with van der Waals surface area (Å²) in [6.07, 6.45) is 0. The van der Waals surface area contributed by atoms with Gasteiger partial charge in [0, 0.05) is 5.69 Å². The molecule has 0 heterocycles. The van der Waals surface area contributed by atoms with Crippen LogP contribution in [0.4, 0.5) is 10.1 Å². The predicted molar refractivity (Wildman–Crippen MR) is 81.5 cm³/mol. The van der Waals surface area contributed by atoms with Gasteiger partial charge in [0.2, 0.25) is 0 Å². The molecule has 1 N–H and O–H groups in total. The maximum atomic E-state index is 13.7. The lowest BCUT2D eigenvalue weighted by molar-refractivity contribution is 0.0526. The van der Waals surface area contributed by atoms with Gasteiger partial charge in [-0.2, -0.15) is 0 Å². The van der Waals surface area contributed by atoms with Crippen LogP contribution in [0.15, 0.2) is 42.5 Å². The molecule has 0 radical (unpaired) electrons. The van der Waals surface area contributed by atoms with Crippen molar-refractivity contribution in [3.8, 4) is 0 Å². The molecular weight excluding hydrogens is 285 g/mol. The lowest BCUT2D eigenvalue weighted by Gasteiger charge is -2.08. The van der Waals surface area contributed by atoms with Gasteiger partial charge in [0.1, 0.15) is 5.82 Å². The molecule has 0 fully saturated rings. The van der Waals surface area contributed by atoms with Crippen LogP contribution < -0.4 is 5.32 Å². The van der Waals surface area contributed by atoms with E-state index in [0.29, 0.717) is 11.3 Å². The Hall–Kier alpha value is -2.69. The molecule has 0 aliphatic carbocycles. The zero-order valence-corrected chi connectivity index (χ0v) is 12.4. The van der Waals surface area contributed by atoms with Crippen LogP contribution in [0, 0.1) is 12.7 Å². The Morgan fingerprint density at radius 2 is 1.95 bits per heavy atom. The summed E-state index contributed by atoms with van der Waals surface area (Å²) >= 11 is 0. The van der Waals surface area contributed by atoms with Crippen LogP contribution in [-0.4, -0.2) is 18.5 Å². The van der Waals surface area contributed by atoms with Crippen molar-refractivity contribution in [3.05, 3.63) is 65.0 Å². The molecule has 0 aromatic heterocycles. The average molecular weight is 301 g/mol. The fraction of sp³-hybridized carbons (Fsp3) is 0.176. The molecule has 22 heavy (non-hydrogen) atoms. The number of esters is 1. The Balaban J connectivity index is 2.20. The number of aryl methyl sites for hydroxylation is 1. The van der Waals surface area contributed by atoms with E-state index in [1.807, 2.05) is 0 Å². The van der Waals surface area contributed by atoms with Crippen molar-refractivity contribution in [2.45, 2.75) is 13.8 Å². The van der Waals surface area contributed by atoms with Crippen molar-refractivity contribution in [2.24, 2.45) is 0 Å². The molecule has 1 amide bonds. The van der Waals surface area contributed by atoms with Gasteiger partial charge >= 0.3 is 5.97 Å². The molecule has 5 heteroatoms. The summed E-state index contributed by atoms with van der Waals surface area (Å²) in [5, 5.41) is 2.58. The highest BCUT2D eigenvalue weighted by Crippen LogP contribution is 2.15. The quantitative estimate of drug-likeness (QED) is 0.878. The number of carbonyl (C=O) groups is 2. The van der Waals surface area contributed by atoms with E-state index in [4.69, 9.17) is 4.74 Å². The van der Waals surface area contributed by atoms with Crippen molar-refractivity contribution in [2.75, 3.05) is 11.9 Å². The third-order valence-electron chi connectivity index (χ3n) is 3.00. The van der Waals surface area contributed by atoms with E-state index in [1.54, 1.807) is 38.1 Å². The van der Waals surface area contributed by atoms with Gasteiger partial charge in [-0.05, 0) is 44.2 Å². The molecule has 0 saturated heterocycles. The summed E-state index contributed by atoms with van der Waals surface area (Å²) in [4.78, 5) is 23.8. The van der Waals surface area contributed by atoms with Gasteiger partial charge in [-0.3, -0.25) is 4.79 Å². The fourth-order valence-electron chi connectivity index (χ4n) is 1.95. The Bertz CT molecular complexity index is 713. The SMILES string of the molecule is CCOC(=O)c1cccc(NC(=O)c2cc(C)ccc2F)c1. The molecular formula is C17H16FNO3. The van der Waals surface area contributed by atoms with Crippen molar-refractivity contribution >= 4 is 17.6 Å². The lowest BCUT2D eigenvalue weighted by atomic mass is 10.1. The van der Waals surface area contributed by atoms with Crippen molar-refractivity contribution in [1.29, 1.82) is 0 Å². The Labute approximate surface area is 127 Å². The highest BCUT2D eigenvalue weighted by molar-refractivity contribution is 6.05. The molecule has 0 unspecified atom stereocenters. The third kappa shape index (κ3) is 3.69. The predicted octanol–water partition coefficient (Wildman–Crippen LogP) is 3.56. The molecule has 114 valence electrons. The number of ether oxygens (including phenoxy) is 1. The van der Waals surface area contributed by atoms with Gasteiger partial charge in [0.15, 0.2) is 0 Å². The summed E-state index contributed by atoms with van der Waals surface area (Å²) in [7, 11) is 0. The van der Waals surface area contributed by atoms with Crippen LogP contribution >= 0.6 is 0 Å². The molecule has 0 bridgehead atoms. The topological polar surface area (TPSA) is 55.4 Å². The van der Waals surface area contributed by atoms with Gasteiger partial charge in [0.25, 0.3) is 5.91 Å². The zero-order valence-electron chi connectivity index (χ0n) is 12.4. The van der Waals surface area contributed by atoms with Crippen LogP contribution in [0.1, 0.15) is 33.2 Å². The van der Waals surface area contributed by atoms with Gasteiger partial charge < -0.3 is 10.1 Å². The number of amides is 1. The highest BCUT2D eigenvalue weighted by atomic mass is 19.1. The molecule has 0 aliphatic rings. The third-order valence-corrected chi connectivity index (χ3v) is 3.00. The molecule has 0 aliphatic heterocycles. The van der Waals surface area contributed by atoms with E-state index in [1.165, 1.54) is 18.2 Å². The molecule has 2 rings (SSSR count). The number of anilines is 1. The largest absolute Gasteiger partial charge is 0.462 e. The van der Waals surface area contributed by atoms with Gasteiger partial charge in [-0.15, -0.1) is 0 Å². The first-order chi connectivity index (χ1) is 10.5. The van der Waals surface area contributed by atoms with Crippen LogP contribution in [0.25, 0.3) is 0 Å². The summed E-state index contributed by atoms with van der Waals surface area (Å²) < 4.78 is 18.6. The second-order valence-corrected chi connectivity index (χ2v) is 4.74. The van der Waals surface area contributed by atoms with Crippen LogP contribution in [0.2, 0.25) is 0 Å². The fourth-order valence-corrected chi connectivity index (χ4v) is 1.95. The van der Waals surface area contributed by atoms with E-state index in [9.17, 15) is 14.0 Å². The monoisotopic (exact) mass is 301 g/mol. The molecule has 4 nitrogen and oxygen atoms in total. The minimum Gasteiger partial charge on any atom is -0.462 e. The Morgan fingerprint density at radius 3 is 2.68 bits per heavy atom. The molecule has 2 aromatic rings. The maximum absolute atomic E-state index is 13.7. The van der Waals surface area contributed by atoms with Crippen molar-refractivity contribution < 1.29 is 18.7 Å². The Kier molecular flexibility index (Phi) is 4.88. The summed E-state index contributed by atoms with van der Waals surface area (Å²) in [6, 6.07) is 10.6. The first-order valence-electron chi connectivity index (χ1n) is 6.86. The average Bonchev–Trinajstić information content (AvgIpc) is 2.50. The van der Waals surface area contributed by atoms with Gasteiger partial charge in [-0.25, -0.2) is 9.18 Å². The first-order valence-corrected chi connectivity index (χ1v) is 6.86. The second kappa shape index (κ2) is 6.85. The van der Waals surface area contributed by atoms with E-state index < -0.39 is 17.7 Å². The molecule has 2 aromatic carbocycles. The van der Waals surface area contributed by atoms with E-state index in [2.05, 4.69) is 5.32 Å². The van der Waals surface area contributed by atoms with Crippen LogP contribution in [0.5, 0.6) is 0 Å². The molecule has 0 spiro atoms. The van der Waals surface area contributed by atoms with Crippen molar-refractivity contribution in [1.82, 2.24) is 0 Å². The lowest BCUT2D eigenvalue weighted by Crippen LogP contribution is -2.14. The number of hydrogen-bond donors (Lipinski definition) is 1. The minimum atomic E-state index is -0.593. The molecule has 0 atom stereocenters. The van der Waals surface area contributed by atoms with Crippen LogP contribution in [-0.2, 0) is 4.74 Å².